The smallest absolute Gasteiger partial charge is 0.160 e. The van der Waals surface area contributed by atoms with E-state index in [9.17, 15) is 73.7 Å². The van der Waals surface area contributed by atoms with Gasteiger partial charge in [0, 0.05) is 94.3 Å². The lowest BCUT2D eigenvalue weighted by Crippen LogP contribution is -2.01. The minimum absolute atomic E-state index is 0.0125. The summed E-state index contributed by atoms with van der Waals surface area (Å²) in [5.74, 6) is 4.60. The maximum atomic E-state index is 12.7. The van der Waals surface area contributed by atoms with E-state index < -0.39 is 0 Å². The van der Waals surface area contributed by atoms with Gasteiger partial charge in [0.1, 0.15) is 46.1 Å². The Hall–Kier alpha value is -7.78. The van der Waals surface area contributed by atoms with E-state index in [2.05, 4.69) is 26.0 Å². The Balaban J connectivity index is 0.000000168. The van der Waals surface area contributed by atoms with E-state index in [1.165, 1.54) is 106 Å². The number of aliphatic hydroxyl groups is 8. The number of carbonyl (C=O) groups is 7. The molecule has 7 aliphatic heterocycles. The van der Waals surface area contributed by atoms with Crippen LogP contribution in [0.3, 0.4) is 0 Å². The Morgan fingerprint density at radius 2 is 0.591 bits per heavy atom. The Bertz CT molecular complexity index is 4840. The van der Waals surface area contributed by atoms with Crippen molar-refractivity contribution < 1.29 is 78.8 Å². The van der Waals surface area contributed by atoms with Gasteiger partial charge in [-0.05, 0) is 168 Å². The van der Waals surface area contributed by atoms with Crippen molar-refractivity contribution in [1.29, 1.82) is 0 Å². The number of ketones is 7. The Morgan fingerprint density at radius 3 is 0.878 bits per heavy atom. The first-order chi connectivity index (χ1) is 54.5. The van der Waals surface area contributed by atoms with Crippen LogP contribution in [0.1, 0.15) is 152 Å². The fraction of sp³-hybridized carbons (Fsp3) is 0.292. The molecule has 14 rings (SSSR count). The normalized spacial score (nSPS) is 20.1. The zero-order valence-corrected chi connectivity index (χ0v) is 73.0. The summed E-state index contributed by atoms with van der Waals surface area (Å²) in [5.41, 5.74) is 16.1. The van der Waals surface area contributed by atoms with E-state index in [0.717, 1.165) is 44.5 Å². The molecule has 7 heterocycles. The number of halogens is 4. The van der Waals surface area contributed by atoms with Gasteiger partial charge in [-0.15, -0.1) is 82.3 Å². The molecule has 0 saturated heterocycles. The number of hydrogen-bond donors (Lipinski definition) is 8. The molecule has 0 bridgehead atoms. The number of carbonyl (C=O) groups excluding carboxylic acids is 7. The number of Topliss-reactive ketones (excluding diaryl/α,β-unsaturated/α-hetero) is 7. The predicted octanol–water partition coefficient (Wildman–Crippen LogP) is 23.0. The molecule has 115 heavy (non-hydrogen) atoms. The van der Waals surface area contributed by atoms with Crippen LogP contribution in [0.5, 0.6) is 0 Å². The van der Waals surface area contributed by atoms with Crippen LogP contribution >= 0.6 is 117 Å². The monoisotopic (exact) mass is 1750 g/mol. The molecule has 7 unspecified atom stereocenters. The zero-order chi connectivity index (χ0) is 84.4. The van der Waals surface area contributed by atoms with Gasteiger partial charge in [0.05, 0.1) is 43.4 Å². The summed E-state index contributed by atoms with van der Waals surface area (Å²) in [7, 11) is 0. The Kier molecular flexibility index (Phi) is 34.7. The number of aliphatic hydroxyl groups excluding tert-OH is 8. The van der Waals surface area contributed by atoms with E-state index in [-0.39, 0.29) is 130 Å². The summed E-state index contributed by atoms with van der Waals surface area (Å²) in [6.45, 7) is 18.6. The highest BCUT2D eigenvalue weighted by atomic mass is 35.5. The molecule has 0 aromatic heterocycles. The van der Waals surface area contributed by atoms with Gasteiger partial charge in [-0.3, -0.25) is 33.6 Å². The Morgan fingerprint density at radius 1 is 0.322 bits per heavy atom. The van der Waals surface area contributed by atoms with Crippen LogP contribution in [-0.2, 0) is 40.2 Å². The van der Waals surface area contributed by atoms with Gasteiger partial charge in [-0.25, -0.2) is 4.39 Å². The van der Waals surface area contributed by atoms with E-state index in [0.29, 0.717) is 94.3 Å². The van der Waals surface area contributed by atoms with Crippen LogP contribution in [0.15, 0.2) is 237 Å². The lowest BCUT2D eigenvalue weighted by Gasteiger charge is -2.12. The van der Waals surface area contributed by atoms with Gasteiger partial charge in [0.15, 0.2) is 40.5 Å². The van der Waals surface area contributed by atoms with Crippen molar-refractivity contribution in [3.05, 3.63) is 325 Å². The second kappa shape index (κ2) is 43.1. The fourth-order valence-corrected chi connectivity index (χ4v) is 22.4. The molecule has 7 aromatic carbocycles. The van der Waals surface area contributed by atoms with Crippen molar-refractivity contribution in [2.45, 2.75) is 120 Å². The predicted molar refractivity (Wildman–Crippen MR) is 474 cm³/mol. The van der Waals surface area contributed by atoms with Crippen molar-refractivity contribution in [1.82, 2.24) is 0 Å². The summed E-state index contributed by atoms with van der Waals surface area (Å²) in [6, 6.07) is 48.2. The average Bonchev–Trinajstić information content (AvgIpc) is 1.70. The van der Waals surface area contributed by atoms with Gasteiger partial charge < -0.3 is 40.9 Å². The average molecular weight is 1750 g/mol. The number of benzene rings is 7. The van der Waals surface area contributed by atoms with Crippen LogP contribution < -0.4 is 0 Å². The number of hydrogen-bond acceptors (Lipinski definition) is 22. The van der Waals surface area contributed by atoms with Crippen LogP contribution in [-0.4, -0.2) is 122 Å². The van der Waals surface area contributed by atoms with Gasteiger partial charge in [-0.2, -0.15) is 0 Å². The first kappa shape index (κ1) is 92.7. The molecule has 606 valence electrons. The highest BCUT2D eigenvalue weighted by Gasteiger charge is 2.36. The summed E-state index contributed by atoms with van der Waals surface area (Å²) in [4.78, 5) is 78.8. The van der Waals surface area contributed by atoms with Gasteiger partial charge in [0.25, 0.3) is 0 Å². The number of aryl methyl sites for hydroxylation is 4. The molecule has 0 fully saturated rings. The molecule has 0 saturated carbocycles. The highest BCUT2D eigenvalue weighted by Crippen LogP contribution is 2.50. The zero-order valence-electron chi connectivity index (χ0n) is 65.0. The first-order valence-corrected chi connectivity index (χ1v) is 44.7. The van der Waals surface area contributed by atoms with Gasteiger partial charge in [0.2, 0.25) is 0 Å². The maximum absolute atomic E-state index is 12.7. The van der Waals surface area contributed by atoms with Crippen LogP contribution in [0.4, 0.5) is 4.39 Å². The molecule has 7 aromatic rings. The summed E-state index contributed by atoms with van der Waals surface area (Å²) < 4.78 is 12.7. The SMILES string of the molecule is CC(=O)C1=C(O)C(c2ccc(C)c(C)c2)SC1.CC(=O)C1=C(O)C(c2ccc(C)cc2)SC1.CC(=O)C1=C(O)C(c2ccc(C)cc2)SC1.CC(=O)C1=C(O)C(c2ccc(CO)cc2)SC1.CC(=O)C1=C(O)C(c2ccc(Cl)cc2Cl)SC1.CC(=O)C1=C(O)C(c2ccc(F)cc2)SC1.CC(=O)C1=C(O)C(c2cccc(Cl)c2)SC1. The van der Waals surface area contributed by atoms with Crippen molar-refractivity contribution in [2.75, 3.05) is 40.3 Å². The molecular weight excluding hydrogens is 1660 g/mol. The van der Waals surface area contributed by atoms with Gasteiger partial charge >= 0.3 is 0 Å². The van der Waals surface area contributed by atoms with E-state index in [1.807, 2.05) is 111 Å². The molecule has 8 N–H and O–H groups in total. The highest BCUT2D eigenvalue weighted by molar-refractivity contribution is 8.01. The van der Waals surface area contributed by atoms with Crippen molar-refractivity contribution in [3.63, 3.8) is 0 Å². The lowest BCUT2D eigenvalue weighted by atomic mass is 10.0. The molecule has 7 atom stereocenters. The molecule has 0 spiro atoms. The minimum Gasteiger partial charge on any atom is -0.510 e. The van der Waals surface area contributed by atoms with Crippen LogP contribution in [0, 0.1) is 33.5 Å². The molecule has 0 radical (unpaired) electrons. The molecule has 0 amide bonds. The third-order valence-corrected chi connectivity index (χ3v) is 29.0. The van der Waals surface area contributed by atoms with Crippen LogP contribution in [0.2, 0.25) is 15.1 Å². The Labute approximate surface area is 715 Å². The van der Waals surface area contributed by atoms with Crippen LogP contribution in [0.25, 0.3) is 0 Å². The van der Waals surface area contributed by atoms with E-state index in [1.54, 1.807) is 95.2 Å². The van der Waals surface area contributed by atoms with Crippen molar-refractivity contribution in [3.8, 4) is 0 Å². The van der Waals surface area contributed by atoms with E-state index >= 15 is 0 Å². The minimum atomic E-state index is -0.304. The van der Waals surface area contributed by atoms with Crippen molar-refractivity contribution in [2.24, 2.45) is 0 Å². The molecular formula is C89H90Cl3FO15S7. The van der Waals surface area contributed by atoms with E-state index in [4.69, 9.17) is 39.9 Å². The second-order valence-electron chi connectivity index (χ2n) is 27.6. The quantitative estimate of drug-likeness (QED) is 0.0473. The molecule has 15 nitrogen and oxygen atoms in total. The fourth-order valence-electron chi connectivity index (χ4n) is 12.3. The maximum Gasteiger partial charge on any atom is 0.160 e. The summed E-state index contributed by atoms with van der Waals surface area (Å²) in [5, 5.41) is 79.5. The summed E-state index contributed by atoms with van der Waals surface area (Å²) in [6.07, 6.45) is 0. The molecule has 7 aliphatic rings. The largest absolute Gasteiger partial charge is 0.510 e. The first-order valence-electron chi connectivity index (χ1n) is 36.2. The van der Waals surface area contributed by atoms with Crippen molar-refractivity contribution >= 4 is 158 Å². The standard InChI is InChI=1S/C14H16O2S.C13H14O3S.2C13H14O2S.C12H10Cl2O2S.C12H11ClO2S.C12H11FO2S/c1-8-4-5-11(6-9(8)2)14-13(16)12(7-17-14)10(3)15;1-8(15)11-7-17-13(12(11)16)10-4-2-9(6-14)3-5-10;2*1-8-3-5-10(6-4-8)13-12(15)11(7-16-13)9(2)14;1-6(15)9-5-17-12(11(9)16)8-3-2-7(13)4-10(8)14;1-7(14)10-6-16-12(11(10)15)8-3-2-4-9(13)5-8;1-7(14)10-6-16-12(11(10)15)8-2-4-9(13)5-3-8/h4-6,14,16H,7H2,1-3H3;2-5,13-14,16H,6-7H2,1H3;2*3-6,13,15H,7H2,1-2H3;2-4,12,16H,5H2,1H3;2*2-5,12,15H,6H2,1H3. The van der Waals surface area contributed by atoms with Gasteiger partial charge in [-0.1, -0.05) is 167 Å². The summed E-state index contributed by atoms with van der Waals surface area (Å²) >= 11 is 28.7. The number of rotatable bonds is 15. The third kappa shape index (κ3) is 24.5. The lowest BCUT2D eigenvalue weighted by molar-refractivity contribution is -0.114. The second-order valence-corrected chi connectivity index (χ2v) is 36.5. The molecule has 0 aliphatic carbocycles. The number of thioether (sulfide) groups is 7. The third-order valence-electron chi connectivity index (χ3n) is 19.3. The topological polar surface area (TPSA) is 281 Å². The molecule has 26 heteroatoms.